The van der Waals surface area contributed by atoms with Gasteiger partial charge in [0, 0.05) is 43.4 Å². The Bertz CT molecular complexity index is 1910. The minimum atomic E-state index is -0.751. The van der Waals surface area contributed by atoms with Crippen LogP contribution in [0.4, 0.5) is 4.39 Å². The van der Waals surface area contributed by atoms with Crippen LogP contribution in [0.2, 0.25) is 0 Å². The lowest BCUT2D eigenvalue weighted by Gasteiger charge is -2.39. The second kappa shape index (κ2) is 13.9. The molecule has 0 spiro atoms. The van der Waals surface area contributed by atoms with E-state index in [0.29, 0.717) is 22.8 Å². The predicted octanol–water partition coefficient (Wildman–Crippen LogP) is 3.30. The Kier molecular flexibility index (Phi) is 9.28. The van der Waals surface area contributed by atoms with Crippen LogP contribution >= 0.6 is 0 Å². The maximum atomic E-state index is 14.6. The topological polar surface area (TPSA) is 148 Å². The van der Waals surface area contributed by atoms with E-state index in [1.54, 1.807) is 49.6 Å². The van der Waals surface area contributed by atoms with Gasteiger partial charge in [-0.15, -0.1) is 0 Å². The van der Waals surface area contributed by atoms with Crippen molar-refractivity contribution >= 4 is 17.7 Å². The number of carbonyl (C=O) groups excluding carboxylic acids is 3. The van der Waals surface area contributed by atoms with Gasteiger partial charge in [-0.25, -0.2) is 4.39 Å². The lowest BCUT2D eigenvalue weighted by molar-refractivity contribution is -0.123. The molecule has 4 bridgehead atoms. The van der Waals surface area contributed by atoms with Crippen molar-refractivity contribution in [2.45, 2.75) is 25.1 Å². The Hall–Kier alpha value is -5.85. The normalized spacial score (nSPS) is 17.9. The average molecular weight is 657 g/mol. The van der Waals surface area contributed by atoms with Crippen LogP contribution in [0.3, 0.4) is 0 Å². The first-order valence-corrected chi connectivity index (χ1v) is 15.2. The molecule has 1 saturated heterocycles. The van der Waals surface area contributed by atoms with E-state index in [1.807, 2.05) is 0 Å². The molecule has 0 unspecified atom stereocenters. The summed E-state index contributed by atoms with van der Waals surface area (Å²) in [5.74, 6) is -0.696. The van der Waals surface area contributed by atoms with Crippen LogP contribution in [0, 0.1) is 5.82 Å². The standard InChI is InChI=1S/C35H33FN4O8/c1-45-24-6-3-21(4-7-24)27-9-8-26(34(43)38-27)35(44)40-12-11-29-28(18-40)39-33(42)22-5-10-30(46-2)31(15-22)47-19-32(41)37-17-20-13-23(36)16-25(14-20)48-29/h3-10,13-16,28-29H,11-12,17-19H2,1-2H3,(H,37,41)(H,38,43)(H,39,42)/t28-,29+/m0/s1. The molecule has 2 aliphatic rings. The minimum Gasteiger partial charge on any atom is -0.497 e. The van der Waals surface area contributed by atoms with Crippen molar-refractivity contribution in [2.24, 2.45) is 0 Å². The van der Waals surface area contributed by atoms with Crippen LogP contribution in [0.5, 0.6) is 23.0 Å². The SMILES string of the molecule is COc1ccc(-c2ccc(C(=O)N3CC[C@H]4Oc5cc(F)cc(c5)CNC(=O)COc5cc(ccc5OC)C(=O)N[C@H]4C3)c(=O)[nH]2)cc1. The van der Waals surface area contributed by atoms with E-state index in [1.165, 1.54) is 42.3 Å². The molecule has 3 N–H and O–H groups in total. The lowest BCUT2D eigenvalue weighted by Crippen LogP contribution is -2.58. The van der Waals surface area contributed by atoms with Crippen molar-refractivity contribution < 1.29 is 37.7 Å². The fourth-order valence-electron chi connectivity index (χ4n) is 5.69. The number of aromatic nitrogens is 1. The number of methoxy groups -OCH3 is 2. The molecule has 3 heterocycles. The van der Waals surface area contributed by atoms with Crippen molar-refractivity contribution in [1.82, 2.24) is 20.5 Å². The first-order chi connectivity index (χ1) is 23.2. The highest BCUT2D eigenvalue weighted by Crippen LogP contribution is 2.29. The highest BCUT2D eigenvalue weighted by Gasteiger charge is 2.35. The number of halogens is 1. The number of piperidine rings is 1. The number of hydrogen-bond acceptors (Lipinski definition) is 8. The number of nitrogens with zero attached hydrogens (tertiary/aromatic N) is 1. The molecule has 0 saturated carbocycles. The molecule has 2 atom stereocenters. The van der Waals surface area contributed by atoms with Gasteiger partial charge < -0.3 is 39.5 Å². The van der Waals surface area contributed by atoms with Crippen molar-refractivity contribution in [2.75, 3.05) is 33.9 Å². The quantitative estimate of drug-likeness (QED) is 0.303. The fourth-order valence-corrected chi connectivity index (χ4v) is 5.69. The third-order valence-electron chi connectivity index (χ3n) is 8.19. The molecule has 3 aromatic carbocycles. The molecule has 48 heavy (non-hydrogen) atoms. The van der Waals surface area contributed by atoms with E-state index in [-0.39, 0.29) is 55.3 Å². The Morgan fingerprint density at radius 1 is 0.938 bits per heavy atom. The molecule has 0 aliphatic carbocycles. The van der Waals surface area contributed by atoms with E-state index in [2.05, 4.69) is 15.6 Å². The molecule has 1 aromatic heterocycles. The molecule has 1 fully saturated rings. The third kappa shape index (κ3) is 7.09. The Morgan fingerprint density at radius 3 is 2.48 bits per heavy atom. The smallest absolute Gasteiger partial charge is 0.261 e. The van der Waals surface area contributed by atoms with Crippen LogP contribution in [0.1, 0.15) is 32.7 Å². The molecule has 6 rings (SSSR count). The maximum Gasteiger partial charge on any atom is 0.261 e. The van der Waals surface area contributed by atoms with E-state index in [4.69, 9.17) is 18.9 Å². The molecular formula is C35H33FN4O8. The highest BCUT2D eigenvalue weighted by molar-refractivity contribution is 5.96. The van der Waals surface area contributed by atoms with Gasteiger partial charge in [0.15, 0.2) is 18.1 Å². The molecule has 12 nitrogen and oxygen atoms in total. The summed E-state index contributed by atoms with van der Waals surface area (Å²) in [4.78, 5) is 57.1. The first-order valence-electron chi connectivity index (χ1n) is 15.2. The zero-order chi connectivity index (χ0) is 33.8. The van der Waals surface area contributed by atoms with E-state index in [0.717, 1.165) is 5.56 Å². The molecule has 2 aliphatic heterocycles. The lowest BCUT2D eigenvalue weighted by atomic mass is 10.00. The van der Waals surface area contributed by atoms with Gasteiger partial charge in [-0.05, 0) is 77.9 Å². The molecule has 0 radical (unpaired) electrons. The number of ether oxygens (including phenoxy) is 4. The second-order valence-corrected chi connectivity index (χ2v) is 11.3. The summed E-state index contributed by atoms with van der Waals surface area (Å²) in [5, 5.41) is 5.63. The highest BCUT2D eigenvalue weighted by atomic mass is 19.1. The predicted molar refractivity (Wildman–Crippen MR) is 172 cm³/mol. The van der Waals surface area contributed by atoms with Crippen molar-refractivity contribution in [3.63, 3.8) is 0 Å². The molecule has 13 heteroatoms. The fraction of sp³-hybridized carbons (Fsp3) is 0.257. The number of carbonyl (C=O) groups is 3. The second-order valence-electron chi connectivity index (χ2n) is 11.3. The number of amides is 3. The van der Waals surface area contributed by atoms with Crippen molar-refractivity contribution in [1.29, 1.82) is 0 Å². The zero-order valence-corrected chi connectivity index (χ0v) is 26.2. The molecule has 248 valence electrons. The zero-order valence-electron chi connectivity index (χ0n) is 26.2. The maximum absolute atomic E-state index is 14.6. The largest absolute Gasteiger partial charge is 0.497 e. The number of benzene rings is 3. The van der Waals surface area contributed by atoms with Gasteiger partial charge >= 0.3 is 0 Å². The summed E-state index contributed by atoms with van der Waals surface area (Å²) in [6.45, 7) is -0.143. The van der Waals surface area contributed by atoms with Gasteiger partial charge in [-0.3, -0.25) is 19.2 Å². The monoisotopic (exact) mass is 656 g/mol. The number of H-pyrrole nitrogens is 1. The van der Waals surface area contributed by atoms with E-state index in [9.17, 15) is 23.6 Å². The van der Waals surface area contributed by atoms with Gasteiger partial charge in [0.1, 0.15) is 29.0 Å². The Morgan fingerprint density at radius 2 is 1.73 bits per heavy atom. The van der Waals surface area contributed by atoms with Crippen molar-refractivity contribution in [3.8, 4) is 34.3 Å². The number of likely N-dealkylation sites (tertiary alicyclic amines) is 1. The van der Waals surface area contributed by atoms with Crippen LogP contribution in [0.25, 0.3) is 11.3 Å². The summed E-state index contributed by atoms with van der Waals surface area (Å²) in [6, 6.07) is 18.2. The van der Waals surface area contributed by atoms with Crippen LogP contribution in [0.15, 0.2) is 77.6 Å². The van der Waals surface area contributed by atoms with Gasteiger partial charge in [0.05, 0.1) is 20.3 Å². The molecular weight excluding hydrogens is 623 g/mol. The van der Waals surface area contributed by atoms with Gasteiger partial charge in [0.2, 0.25) is 0 Å². The first kappa shape index (κ1) is 32.1. The van der Waals surface area contributed by atoms with Crippen LogP contribution < -0.4 is 35.1 Å². The summed E-state index contributed by atoms with van der Waals surface area (Å²) in [5.41, 5.74) is 1.33. The van der Waals surface area contributed by atoms with Gasteiger partial charge in [-0.1, -0.05) is 0 Å². The third-order valence-corrected chi connectivity index (χ3v) is 8.19. The van der Waals surface area contributed by atoms with Crippen LogP contribution in [-0.4, -0.2) is 73.7 Å². The number of rotatable bonds is 4. The van der Waals surface area contributed by atoms with Crippen LogP contribution in [-0.2, 0) is 11.3 Å². The van der Waals surface area contributed by atoms with Gasteiger partial charge in [0.25, 0.3) is 23.3 Å². The Labute approximate surface area is 274 Å². The number of hydrogen-bond donors (Lipinski definition) is 3. The minimum absolute atomic E-state index is 0.00660. The van der Waals surface area contributed by atoms with E-state index < -0.39 is 41.2 Å². The number of aromatic amines is 1. The number of fused-ring (bicyclic) bond motifs is 5. The summed E-state index contributed by atoms with van der Waals surface area (Å²) >= 11 is 0. The summed E-state index contributed by atoms with van der Waals surface area (Å²) < 4.78 is 37.0. The molecule has 3 amide bonds. The summed E-state index contributed by atoms with van der Waals surface area (Å²) in [6.07, 6.45) is -0.405. The number of pyridine rings is 1. The molecule has 4 aromatic rings. The van der Waals surface area contributed by atoms with Gasteiger partial charge in [-0.2, -0.15) is 0 Å². The Balaban J connectivity index is 1.28. The number of nitrogens with one attached hydrogen (secondary N) is 3. The van der Waals surface area contributed by atoms with E-state index >= 15 is 0 Å². The average Bonchev–Trinajstić information content (AvgIpc) is 3.09. The summed E-state index contributed by atoms with van der Waals surface area (Å²) in [7, 11) is 3.00. The van der Waals surface area contributed by atoms with Crippen molar-refractivity contribution in [3.05, 3.63) is 106 Å².